The van der Waals surface area contributed by atoms with Crippen LogP contribution in [-0.2, 0) is 31.7 Å². The lowest BCUT2D eigenvalue weighted by molar-refractivity contribution is -0.168. The van der Waals surface area contributed by atoms with Gasteiger partial charge in [0, 0.05) is 12.2 Å². The van der Waals surface area contributed by atoms with Gasteiger partial charge in [-0.05, 0) is 78.6 Å². The molecule has 0 N–H and O–H groups in total. The van der Waals surface area contributed by atoms with E-state index in [1.54, 1.807) is 0 Å². The molecule has 1 aliphatic rings. The summed E-state index contributed by atoms with van der Waals surface area (Å²) in [6.45, 7) is 20.4. The number of carbonyl (C=O) groups excluding carboxylic acids is 2. The molecule has 1 fully saturated rings. The summed E-state index contributed by atoms with van der Waals surface area (Å²) in [4.78, 5) is 24.2. The Morgan fingerprint density at radius 1 is 0.971 bits per heavy atom. The van der Waals surface area contributed by atoms with Crippen molar-refractivity contribution in [3.63, 3.8) is 0 Å². The molecule has 7 nitrogen and oxygen atoms in total. The zero-order valence-corrected chi connectivity index (χ0v) is 26.5. The van der Waals surface area contributed by atoms with Gasteiger partial charge >= 0.3 is 32.8 Å². The fraction of sp³-hybridized carbons (Fsp3) is 0.810. The van der Waals surface area contributed by atoms with Gasteiger partial charge in [-0.15, -0.1) is 0 Å². The number of rotatable bonds is 11. The molecule has 1 aliphatic heterocycles. The molecule has 0 radical (unpaired) electrons. The van der Waals surface area contributed by atoms with Crippen molar-refractivity contribution in [2.24, 2.45) is 0 Å². The van der Waals surface area contributed by atoms with Crippen LogP contribution in [-0.4, -0.2) is 68.6 Å². The lowest BCUT2D eigenvalue weighted by atomic mass is 10.1. The second-order valence-corrected chi connectivity index (χ2v) is 31.8. The first kappa shape index (κ1) is 32.2. The Morgan fingerprint density at radius 2 is 1.46 bits per heavy atom. The Kier molecular flexibility index (Phi) is 10.8. The molecule has 0 spiro atoms. The van der Waals surface area contributed by atoms with Gasteiger partial charge in [0.25, 0.3) is 7.83 Å². The van der Waals surface area contributed by atoms with E-state index >= 15 is 0 Å². The summed E-state index contributed by atoms with van der Waals surface area (Å²) < 4.78 is 67.7. The van der Waals surface area contributed by atoms with Gasteiger partial charge in [0.05, 0.1) is 5.60 Å². The molecule has 0 aromatic heterocycles. The maximum atomic E-state index is 12.9. The molecular formula is C21H41F3O7Si4. The minimum Gasteiger partial charge on any atom is -0.460 e. The Labute approximate surface area is 211 Å². The average molecular weight is 575 g/mol. The van der Waals surface area contributed by atoms with Crippen LogP contribution in [0.4, 0.5) is 13.2 Å². The molecule has 1 saturated heterocycles. The summed E-state index contributed by atoms with van der Waals surface area (Å²) in [5, 5.41) is 0. The van der Waals surface area contributed by atoms with Crippen molar-refractivity contribution in [3.05, 3.63) is 12.2 Å². The fourth-order valence-corrected chi connectivity index (χ4v) is 34.9. The van der Waals surface area contributed by atoms with E-state index in [1.165, 1.54) is 0 Å². The van der Waals surface area contributed by atoms with E-state index in [1.807, 2.05) is 27.3 Å². The number of hydrogen-bond acceptors (Lipinski definition) is 7. The van der Waals surface area contributed by atoms with Crippen LogP contribution in [0.1, 0.15) is 33.6 Å². The first-order chi connectivity index (χ1) is 15.7. The quantitative estimate of drug-likeness (QED) is 0.183. The third-order valence-electron chi connectivity index (χ3n) is 5.26. The van der Waals surface area contributed by atoms with E-state index in [4.69, 9.17) is 17.4 Å². The molecule has 14 heteroatoms. The monoisotopic (exact) mass is 574 g/mol. The summed E-state index contributed by atoms with van der Waals surface area (Å²) in [6.07, 6.45) is -4.05. The zero-order valence-electron chi connectivity index (χ0n) is 22.5. The van der Waals surface area contributed by atoms with Crippen molar-refractivity contribution < 1.29 is 44.9 Å². The van der Waals surface area contributed by atoms with Crippen molar-refractivity contribution >= 4 is 44.5 Å². The molecule has 35 heavy (non-hydrogen) atoms. The molecule has 4 unspecified atom stereocenters. The molecule has 0 aromatic rings. The second kappa shape index (κ2) is 11.7. The average Bonchev–Trinajstić information content (AvgIpc) is 2.63. The summed E-state index contributed by atoms with van der Waals surface area (Å²) in [5.74, 6) is -2.28. The molecule has 4 atom stereocenters. The van der Waals surface area contributed by atoms with Crippen LogP contribution < -0.4 is 0 Å². The van der Waals surface area contributed by atoms with Gasteiger partial charge in [-0.1, -0.05) is 6.92 Å². The predicted molar refractivity (Wildman–Crippen MR) is 137 cm³/mol. The summed E-state index contributed by atoms with van der Waals surface area (Å²) >= 11 is 0. The first-order valence-electron chi connectivity index (χ1n) is 11.8. The van der Waals surface area contributed by atoms with Crippen molar-refractivity contribution in [1.29, 1.82) is 0 Å². The van der Waals surface area contributed by atoms with Gasteiger partial charge < -0.3 is 22.1 Å². The molecule has 0 aromatic carbocycles. The molecule has 204 valence electrons. The highest BCUT2D eigenvalue weighted by Crippen LogP contribution is 2.45. The lowest BCUT2D eigenvalue weighted by Crippen LogP contribution is -2.80. The Bertz CT molecular complexity index is 782. The van der Waals surface area contributed by atoms with E-state index in [0.717, 1.165) is 6.08 Å². The first-order valence-corrected chi connectivity index (χ1v) is 24.1. The van der Waals surface area contributed by atoms with Crippen LogP contribution in [0.3, 0.4) is 0 Å². The van der Waals surface area contributed by atoms with Crippen LogP contribution in [0, 0.1) is 0 Å². The van der Waals surface area contributed by atoms with E-state index in [2.05, 4.69) is 44.0 Å². The number of hydrogen-bond donors (Lipinski definition) is 0. The van der Waals surface area contributed by atoms with Crippen molar-refractivity contribution in [2.45, 2.75) is 110 Å². The van der Waals surface area contributed by atoms with E-state index < -0.39 is 68.6 Å². The smallest absolute Gasteiger partial charge is 0.339 e. The van der Waals surface area contributed by atoms with Crippen LogP contribution in [0.2, 0.25) is 51.9 Å². The number of ether oxygens (including phenoxy) is 2. The van der Waals surface area contributed by atoms with E-state index in [9.17, 15) is 22.8 Å². The SMILES string of the molecule is CCC(OC(=O)C=CC(=O)OC(F)C(F)F)[Si]1(O[Si](C)(C)C)CCC(C)(C)O[Si]1(C)O[Si](C)(C)C. The number of carbonyl (C=O) groups is 2. The van der Waals surface area contributed by atoms with Gasteiger partial charge in [-0.2, -0.15) is 4.39 Å². The normalized spacial score (nSPS) is 27.0. The molecular weight excluding hydrogens is 534 g/mol. The highest BCUT2D eigenvalue weighted by molar-refractivity contribution is 7.37. The highest BCUT2D eigenvalue weighted by Gasteiger charge is 2.69. The Morgan fingerprint density at radius 3 is 1.89 bits per heavy atom. The summed E-state index contributed by atoms with van der Waals surface area (Å²) in [6, 6.07) is 0.687. The van der Waals surface area contributed by atoms with Gasteiger partial charge in [0.15, 0.2) is 16.6 Å². The van der Waals surface area contributed by atoms with Crippen LogP contribution >= 0.6 is 0 Å². The van der Waals surface area contributed by atoms with E-state index in [-0.39, 0.29) is 0 Å². The summed E-state index contributed by atoms with van der Waals surface area (Å²) in [5.41, 5.74) is -1.04. The minimum absolute atomic E-state index is 0.417. The maximum absolute atomic E-state index is 12.9. The third-order valence-corrected chi connectivity index (χ3v) is 26.7. The minimum atomic E-state index is -3.47. The number of esters is 2. The second-order valence-electron chi connectivity index (χ2n) is 11.4. The lowest BCUT2D eigenvalue weighted by Gasteiger charge is -2.57. The zero-order chi connectivity index (χ0) is 27.5. The predicted octanol–water partition coefficient (Wildman–Crippen LogP) is 5.51. The largest absolute Gasteiger partial charge is 0.460 e. The molecule has 0 bridgehead atoms. The van der Waals surface area contributed by atoms with E-state index in [0.29, 0.717) is 25.0 Å². The summed E-state index contributed by atoms with van der Waals surface area (Å²) in [7, 11) is -10.3. The van der Waals surface area contributed by atoms with Gasteiger partial charge in [0.1, 0.15) is 5.73 Å². The maximum Gasteiger partial charge on any atom is 0.339 e. The topological polar surface area (TPSA) is 80.3 Å². The molecule has 0 saturated carbocycles. The number of halogens is 3. The van der Waals surface area contributed by atoms with Crippen LogP contribution in [0.15, 0.2) is 12.2 Å². The third kappa shape index (κ3) is 9.55. The van der Waals surface area contributed by atoms with Crippen LogP contribution in [0.5, 0.6) is 0 Å². The fourth-order valence-electron chi connectivity index (χ4n) is 4.30. The van der Waals surface area contributed by atoms with Gasteiger partial charge in [-0.3, -0.25) is 0 Å². The number of alkyl halides is 3. The molecule has 1 rings (SSSR count). The van der Waals surface area contributed by atoms with Gasteiger partial charge in [-0.25, -0.2) is 18.4 Å². The highest BCUT2D eigenvalue weighted by atomic mass is 29.3. The van der Waals surface area contributed by atoms with Gasteiger partial charge in [0.2, 0.25) is 0 Å². The molecule has 0 aliphatic carbocycles. The Hall–Kier alpha value is -0.782. The van der Waals surface area contributed by atoms with Crippen molar-refractivity contribution in [3.8, 4) is 0 Å². The van der Waals surface area contributed by atoms with Crippen molar-refractivity contribution in [2.75, 3.05) is 0 Å². The standard InChI is InChI=1S/C21H41F3O7Si4/c1-11-18(27-16(25)12-13-17(26)28-20(24)19(22)23)35(31-33(7,8)9)15-14-21(2,3)29-34(35,10)30-32(4,5)6/h12-13,18-20H,11,14-15H2,1-10H3. The molecule has 0 amide bonds. The Balaban J connectivity index is 3.35. The van der Waals surface area contributed by atoms with Crippen LogP contribution in [0.25, 0.3) is 0 Å². The molecule has 1 heterocycles. The van der Waals surface area contributed by atoms with Crippen molar-refractivity contribution in [1.82, 2.24) is 0 Å².